The molecule has 2 aromatic heterocycles. The molecule has 1 aromatic carbocycles. The lowest BCUT2D eigenvalue weighted by Gasteiger charge is -2.29. The molecule has 0 atom stereocenters. The predicted octanol–water partition coefficient (Wildman–Crippen LogP) is 2.70. The lowest BCUT2D eigenvalue weighted by Crippen LogP contribution is -2.43. The van der Waals surface area contributed by atoms with Gasteiger partial charge in [-0.3, -0.25) is 9.89 Å². The van der Waals surface area contributed by atoms with Gasteiger partial charge in [-0.1, -0.05) is 0 Å². The van der Waals surface area contributed by atoms with Crippen LogP contribution in [0.3, 0.4) is 0 Å². The molecule has 1 amide bonds. The number of nitrogens with one attached hydrogen (secondary N) is 3. The maximum Gasteiger partial charge on any atom is 0.255 e. The number of nitrogens with zero attached hydrogens (tertiary/aromatic N) is 3. The summed E-state index contributed by atoms with van der Waals surface area (Å²) in [6.07, 6.45) is 1.94. The molecule has 1 aliphatic heterocycles. The van der Waals surface area contributed by atoms with Crippen molar-refractivity contribution >= 4 is 16.9 Å². The molecule has 0 unspecified atom stereocenters. The third-order valence-electron chi connectivity index (χ3n) is 5.55. The van der Waals surface area contributed by atoms with Crippen molar-refractivity contribution in [2.75, 3.05) is 20.1 Å². The zero-order valence-corrected chi connectivity index (χ0v) is 16.3. The van der Waals surface area contributed by atoms with Gasteiger partial charge >= 0.3 is 0 Å². The molecule has 1 saturated heterocycles. The highest BCUT2D eigenvalue weighted by Gasteiger charge is 2.25. The van der Waals surface area contributed by atoms with Gasteiger partial charge in [0, 0.05) is 11.7 Å². The number of imidazole rings is 1. The minimum absolute atomic E-state index is 0.0846. The van der Waals surface area contributed by atoms with Crippen molar-refractivity contribution in [2.24, 2.45) is 0 Å². The second-order valence-electron chi connectivity index (χ2n) is 7.66. The third-order valence-corrected chi connectivity index (χ3v) is 5.55. The normalized spacial score (nSPS) is 16.1. The molecule has 4 rings (SSSR count). The molecule has 1 fully saturated rings. The summed E-state index contributed by atoms with van der Waals surface area (Å²) < 4.78 is 0. The highest BCUT2D eigenvalue weighted by atomic mass is 16.1. The number of fused-ring (bicyclic) bond motifs is 1. The number of likely N-dealkylation sites (tertiary alicyclic amines) is 1. The van der Waals surface area contributed by atoms with Crippen LogP contribution in [-0.4, -0.2) is 57.2 Å². The minimum Gasteiger partial charge on any atom is -0.349 e. The highest BCUT2D eigenvalue weighted by molar-refractivity contribution is 6.01. The quantitative estimate of drug-likeness (QED) is 0.665. The molecule has 0 spiro atoms. The van der Waals surface area contributed by atoms with Crippen molar-refractivity contribution in [2.45, 2.75) is 39.7 Å². The van der Waals surface area contributed by atoms with E-state index >= 15 is 0 Å². The van der Waals surface area contributed by atoms with Crippen molar-refractivity contribution in [1.82, 2.24) is 30.4 Å². The van der Waals surface area contributed by atoms with Gasteiger partial charge in [-0.15, -0.1) is 0 Å². The molecule has 7 nitrogen and oxygen atoms in total. The Labute approximate surface area is 158 Å². The minimum atomic E-state index is -0.0846. The number of hydrogen-bond donors (Lipinski definition) is 3. The first-order chi connectivity index (χ1) is 12.9. The van der Waals surface area contributed by atoms with E-state index in [1.54, 1.807) is 0 Å². The average Bonchev–Trinajstić information content (AvgIpc) is 3.20. The molecule has 0 saturated carbocycles. The first kappa shape index (κ1) is 17.7. The molecular weight excluding hydrogens is 340 g/mol. The number of rotatable bonds is 3. The summed E-state index contributed by atoms with van der Waals surface area (Å²) >= 11 is 0. The van der Waals surface area contributed by atoms with Gasteiger partial charge in [0.25, 0.3) is 5.91 Å². The second kappa shape index (κ2) is 6.81. The number of benzene rings is 1. The molecule has 0 bridgehead atoms. The summed E-state index contributed by atoms with van der Waals surface area (Å²) in [4.78, 5) is 23.2. The first-order valence-corrected chi connectivity index (χ1v) is 9.44. The van der Waals surface area contributed by atoms with E-state index in [4.69, 9.17) is 0 Å². The first-order valence-electron chi connectivity index (χ1n) is 9.44. The average molecular weight is 366 g/mol. The second-order valence-corrected chi connectivity index (χ2v) is 7.66. The number of H-pyrrole nitrogens is 2. The number of aromatic nitrogens is 4. The predicted molar refractivity (Wildman–Crippen MR) is 106 cm³/mol. The van der Waals surface area contributed by atoms with Crippen LogP contribution in [-0.2, 0) is 0 Å². The van der Waals surface area contributed by atoms with E-state index in [0.29, 0.717) is 17.1 Å². The van der Waals surface area contributed by atoms with Crippen LogP contribution in [0.5, 0.6) is 0 Å². The van der Waals surface area contributed by atoms with Gasteiger partial charge in [-0.25, -0.2) is 4.98 Å². The fourth-order valence-corrected chi connectivity index (χ4v) is 3.67. The van der Waals surface area contributed by atoms with Gasteiger partial charge in [0.2, 0.25) is 0 Å². The Kier molecular flexibility index (Phi) is 4.47. The third kappa shape index (κ3) is 3.35. The van der Waals surface area contributed by atoms with Crippen LogP contribution in [0, 0.1) is 20.8 Å². The highest BCUT2D eigenvalue weighted by Crippen LogP contribution is 2.26. The Morgan fingerprint density at radius 3 is 2.63 bits per heavy atom. The Morgan fingerprint density at radius 2 is 1.89 bits per heavy atom. The van der Waals surface area contributed by atoms with E-state index in [2.05, 4.69) is 63.4 Å². The number of carbonyl (C=O) groups excluding carboxylic acids is 1. The Hall–Kier alpha value is -2.67. The number of aromatic amines is 2. The number of aryl methyl sites for hydroxylation is 3. The SMILES string of the molecule is Cc1cc2nc(-c3n[nH]c(C)c3C(=O)NC3CCN(C)CC3)[nH]c2cc1C. The summed E-state index contributed by atoms with van der Waals surface area (Å²) in [5.74, 6) is 0.534. The number of carbonyl (C=O) groups is 1. The van der Waals surface area contributed by atoms with Crippen LogP contribution >= 0.6 is 0 Å². The van der Waals surface area contributed by atoms with Crippen molar-refractivity contribution in [3.05, 3.63) is 34.5 Å². The summed E-state index contributed by atoms with van der Waals surface area (Å²) in [5.41, 5.74) is 6.13. The molecule has 27 heavy (non-hydrogen) atoms. The summed E-state index contributed by atoms with van der Waals surface area (Å²) in [7, 11) is 2.11. The van der Waals surface area contributed by atoms with Crippen molar-refractivity contribution in [3.8, 4) is 11.5 Å². The fraction of sp³-hybridized carbons (Fsp3) is 0.450. The Morgan fingerprint density at radius 1 is 1.19 bits per heavy atom. The van der Waals surface area contributed by atoms with Crippen LogP contribution < -0.4 is 5.32 Å². The van der Waals surface area contributed by atoms with Crippen LogP contribution in [0.1, 0.15) is 40.0 Å². The molecule has 3 aromatic rings. The van der Waals surface area contributed by atoms with E-state index < -0.39 is 0 Å². The van der Waals surface area contributed by atoms with Crippen molar-refractivity contribution in [1.29, 1.82) is 0 Å². The lowest BCUT2D eigenvalue weighted by atomic mass is 10.0. The molecular formula is C20H26N6O. The van der Waals surface area contributed by atoms with E-state index in [-0.39, 0.29) is 11.9 Å². The summed E-state index contributed by atoms with van der Waals surface area (Å²) in [6.45, 7) is 8.03. The van der Waals surface area contributed by atoms with Gasteiger partial charge in [-0.2, -0.15) is 5.10 Å². The monoisotopic (exact) mass is 366 g/mol. The molecule has 3 N–H and O–H groups in total. The molecule has 0 aliphatic carbocycles. The van der Waals surface area contributed by atoms with Gasteiger partial charge in [0.1, 0.15) is 5.69 Å². The standard InChI is InChI=1S/C20H26N6O/c1-11-9-15-16(10-12(11)2)23-19(22-15)18-17(13(3)24-25-18)20(27)21-14-5-7-26(4)8-6-14/h9-10,14H,5-8H2,1-4H3,(H,21,27)(H,22,23)(H,24,25). The van der Waals surface area contributed by atoms with E-state index in [0.717, 1.165) is 42.7 Å². The van der Waals surface area contributed by atoms with E-state index in [9.17, 15) is 4.79 Å². The maximum atomic E-state index is 13.0. The van der Waals surface area contributed by atoms with Gasteiger partial charge in [0.05, 0.1) is 16.6 Å². The largest absolute Gasteiger partial charge is 0.349 e. The van der Waals surface area contributed by atoms with Gasteiger partial charge in [-0.05, 0) is 77.0 Å². The molecule has 7 heteroatoms. The van der Waals surface area contributed by atoms with Gasteiger partial charge < -0.3 is 15.2 Å². The molecule has 0 radical (unpaired) electrons. The van der Waals surface area contributed by atoms with Crippen LogP contribution in [0.4, 0.5) is 0 Å². The topological polar surface area (TPSA) is 89.7 Å². The number of piperidine rings is 1. The van der Waals surface area contributed by atoms with Crippen molar-refractivity contribution < 1.29 is 4.79 Å². The molecule has 3 heterocycles. The zero-order chi connectivity index (χ0) is 19.1. The van der Waals surface area contributed by atoms with E-state index in [1.807, 2.05) is 6.92 Å². The number of amides is 1. The van der Waals surface area contributed by atoms with Crippen LogP contribution in [0.25, 0.3) is 22.6 Å². The van der Waals surface area contributed by atoms with Crippen LogP contribution in [0.2, 0.25) is 0 Å². The van der Waals surface area contributed by atoms with E-state index in [1.165, 1.54) is 11.1 Å². The fourth-order valence-electron chi connectivity index (χ4n) is 3.67. The maximum absolute atomic E-state index is 13.0. The zero-order valence-electron chi connectivity index (χ0n) is 16.3. The van der Waals surface area contributed by atoms with Gasteiger partial charge in [0.15, 0.2) is 5.82 Å². The summed E-state index contributed by atoms with van der Waals surface area (Å²) in [5, 5.41) is 10.5. The molecule has 142 valence electrons. The Bertz CT molecular complexity index is 954. The van der Waals surface area contributed by atoms with Crippen molar-refractivity contribution in [3.63, 3.8) is 0 Å². The molecule has 1 aliphatic rings. The van der Waals surface area contributed by atoms with Crippen LogP contribution in [0.15, 0.2) is 12.1 Å². The lowest BCUT2D eigenvalue weighted by molar-refractivity contribution is 0.0917. The summed E-state index contributed by atoms with van der Waals surface area (Å²) in [6, 6.07) is 4.35. The number of hydrogen-bond acceptors (Lipinski definition) is 4. The smallest absolute Gasteiger partial charge is 0.255 e. The Balaban J connectivity index is 1.64.